The van der Waals surface area contributed by atoms with Crippen LogP contribution in [0.4, 0.5) is 13.2 Å². The van der Waals surface area contributed by atoms with Crippen LogP contribution in [0.25, 0.3) is 0 Å². The van der Waals surface area contributed by atoms with Crippen LogP contribution in [0.1, 0.15) is 54.9 Å². The summed E-state index contributed by atoms with van der Waals surface area (Å²) in [5.41, 5.74) is 2.10. The average Bonchev–Trinajstić information content (AvgIpc) is 2.58. The van der Waals surface area contributed by atoms with Crippen molar-refractivity contribution in [1.29, 1.82) is 0 Å². The van der Waals surface area contributed by atoms with E-state index in [1.807, 2.05) is 32.9 Å². The monoisotopic (exact) mass is 400 g/mol. The lowest BCUT2D eigenvalue weighted by Crippen LogP contribution is -2.49. The number of carbonyl (C=O) groups excluding carboxylic acids is 2. The van der Waals surface area contributed by atoms with Crippen molar-refractivity contribution in [2.24, 2.45) is 5.92 Å². The molecule has 0 aliphatic heterocycles. The molecule has 0 amide bonds. The Labute approximate surface area is 163 Å². The maximum Gasteiger partial charge on any atom is 0.391 e. The highest BCUT2D eigenvalue weighted by Gasteiger charge is 2.52. The molecule has 1 fully saturated rings. The van der Waals surface area contributed by atoms with E-state index in [-0.39, 0.29) is 38.7 Å². The summed E-state index contributed by atoms with van der Waals surface area (Å²) in [7, 11) is 0. The van der Waals surface area contributed by atoms with Gasteiger partial charge in [0.2, 0.25) is 5.60 Å². The second kappa shape index (κ2) is 8.53. The zero-order valence-corrected chi connectivity index (χ0v) is 16.7. The summed E-state index contributed by atoms with van der Waals surface area (Å²) >= 11 is 0. The van der Waals surface area contributed by atoms with Crippen molar-refractivity contribution in [2.45, 2.75) is 71.6 Å². The molecule has 1 aromatic rings. The second-order valence-corrected chi connectivity index (χ2v) is 7.56. The van der Waals surface area contributed by atoms with E-state index in [0.717, 1.165) is 22.3 Å². The Morgan fingerprint density at radius 1 is 1.11 bits per heavy atom. The zero-order valence-electron chi connectivity index (χ0n) is 16.7. The van der Waals surface area contributed by atoms with Crippen molar-refractivity contribution in [3.63, 3.8) is 0 Å². The fraction of sp³-hybridized carbons (Fsp3) is 0.619. The van der Waals surface area contributed by atoms with Crippen LogP contribution in [0.3, 0.4) is 0 Å². The molecule has 156 valence electrons. The van der Waals surface area contributed by atoms with Crippen molar-refractivity contribution < 1.29 is 32.2 Å². The molecule has 4 nitrogen and oxygen atoms in total. The number of rotatable bonds is 5. The van der Waals surface area contributed by atoms with Crippen LogP contribution in [0.5, 0.6) is 0 Å². The lowest BCUT2D eigenvalue weighted by molar-refractivity contribution is -0.207. The largest absolute Gasteiger partial charge is 0.463 e. The van der Waals surface area contributed by atoms with Crippen LogP contribution < -0.4 is 0 Å². The molecule has 2 rings (SSSR count). The first kappa shape index (κ1) is 22.2. The van der Waals surface area contributed by atoms with Crippen LogP contribution in [-0.2, 0) is 25.5 Å². The Bertz CT molecular complexity index is 709. The lowest BCUT2D eigenvalue weighted by atomic mass is 9.78. The van der Waals surface area contributed by atoms with E-state index < -0.39 is 29.6 Å². The molecule has 1 aliphatic rings. The number of esters is 2. The number of halogens is 3. The summed E-state index contributed by atoms with van der Waals surface area (Å²) < 4.78 is 49.5. The second-order valence-electron chi connectivity index (χ2n) is 7.56. The minimum absolute atomic E-state index is 0.0399. The highest BCUT2D eigenvalue weighted by atomic mass is 19.4. The number of alkyl halides is 3. The van der Waals surface area contributed by atoms with E-state index in [2.05, 4.69) is 0 Å². The molecule has 0 radical (unpaired) electrons. The molecule has 0 N–H and O–H groups in total. The van der Waals surface area contributed by atoms with Gasteiger partial charge in [0.05, 0.1) is 18.9 Å². The minimum atomic E-state index is -4.32. The van der Waals surface area contributed by atoms with Crippen molar-refractivity contribution in [3.8, 4) is 0 Å². The first-order valence-corrected chi connectivity index (χ1v) is 9.51. The van der Waals surface area contributed by atoms with E-state index >= 15 is 0 Å². The Balaban J connectivity index is 2.18. The summed E-state index contributed by atoms with van der Waals surface area (Å²) in [6.07, 6.45) is -5.26. The zero-order chi connectivity index (χ0) is 21.1. The van der Waals surface area contributed by atoms with Crippen LogP contribution >= 0.6 is 0 Å². The van der Waals surface area contributed by atoms with Gasteiger partial charge in [-0.25, -0.2) is 4.79 Å². The molecule has 0 unspecified atom stereocenters. The molecular formula is C21H27F3O4. The van der Waals surface area contributed by atoms with Gasteiger partial charge < -0.3 is 9.47 Å². The van der Waals surface area contributed by atoms with Gasteiger partial charge in [-0.2, -0.15) is 13.2 Å². The van der Waals surface area contributed by atoms with Gasteiger partial charge in [-0.1, -0.05) is 17.7 Å². The Morgan fingerprint density at radius 3 is 2.11 bits per heavy atom. The number of benzene rings is 1. The predicted octanol–water partition coefficient (Wildman–Crippen LogP) is 4.75. The lowest BCUT2D eigenvalue weighted by Gasteiger charge is -2.37. The van der Waals surface area contributed by atoms with Gasteiger partial charge in [0.15, 0.2) is 0 Å². The van der Waals surface area contributed by atoms with Crippen LogP contribution in [-0.4, -0.2) is 30.3 Å². The fourth-order valence-electron chi connectivity index (χ4n) is 3.91. The van der Waals surface area contributed by atoms with E-state index in [0.29, 0.717) is 0 Å². The average molecular weight is 400 g/mol. The van der Waals surface area contributed by atoms with Crippen molar-refractivity contribution >= 4 is 11.9 Å². The molecule has 0 spiro atoms. The molecule has 0 atom stereocenters. The summed E-state index contributed by atoms with van der Waals surface area (Å²) in [6, 6.07) is 3.90. The number of carbonyl (C=O) groups is 2. The smallest absolute Gasteiger partial charge is 0.391 e. The number of hydrogen-bond acceptors (Lipinski definition) is 4. The standard InChI is InChI=1S/C21H27F3O4/c1-5-27-19(26)20(8-6-16(7-9-20)21(22,23)24)28-18(25)12-17-14(3)10-13(2)11-15(17)4/h10-11,16H,5-9,12H2,1-4H3. The fourth-order valence-corrected chi connectivity index (χ4v) is 3.91. The summed E-state index contributed by atoms with van der Waals surface area (Å²) in [6.45, 7) is 7.40. The molecule has 0 aromatic heterocycles. The number of aryl methyl sites for hydroxylation is 3. The third-order valence-corrected chi connectivity index (χ3v) is 5.37. The van der Waals surface area contributed by atoms with Crippen LogP contribution in [0, 0.1) is 26.7 Å². The Morgan fingerprint density at radius 2 is 1.64 bits per heavy atom. The molecular weight excluding hydrogens is 373 g/mol. The highest BCUT2D eigenvalue weighted by Crippen LogP contribution is 2.43. The quantitative estimate of drug-likeness (QED) is 0.669. The normalized spacial score (nSPS) is 22.6. The first-order valence-electron chi connectivity index (χ1n) is 9.51. The predicted molar refractivity (Wildman–Crippen MR) is 97.8 cm³/mol. The third kappa shape index (κ3) is 5.06. The maximum absolute atomic E-state index is 13.0. The molecule has 1 saturated carbocycles. The molecule has 7 heteroatoms. The molecule has 0 bridgehead atoms. The molecule has 28 heavy (non-hydrogen) atoms. The molecule has 0 heterocycles. The van der Waals surface area contributed by atoms with E-state index in [4.69, 9.17) is 9.47 Å². The Kier molecular flexibility index (Phi) is 6.78. The van der Waals surface area contributed by atoms with Gasteiger partial charge in [0.1, 0.15) is 0 Å². The van der Waals surface area contributed by atoms with Gasteiger partial charge in [0, 0.05) is 0 Å². The summed E-state index contributed by atoms with van der Waals surface area (Å²) in [4.78, 5) is 25.1. The van der Waals surface area contributed by atoms with Gasteiger partial charge in [-0.05, 0) is 70.1 Å². The highest BCUT2D eigenvalue weighted by molar-refractivity contribution is 5.84. The SMILES string of the molecule is CCOC(=O)C1(OC(=O)Cc2c(C)cc(C)cc2C)CCC(C(F)(F)F)CC1. The van der Waals surface area contributed by atoms with Crippen LogP contribution in [0.2, 0.25) is 0 Å². The van der Waals surface area contributed by atoms with Crippen molar-refractivity contribution in [2.75, 3.05) is 6.61 Å². The molecule has 1 aromatic carbocycles. The molecule has 1 aliphatic carbocycles. The Hall–Kier alpha value is -2.05. The number of ether oxygens (including phenoxy) is 2. The molecule has 0 saturated heterocycles. The summed E-state index contributed by atoms with van der Waals surface area (Å²) in [5, 5.41) is 0. The van der Waals surface area contributed by atoms with Crippen molar-refractivity contribution in [3.05, 3.63) is 34.4 Å². The maximum atomic E-state index is 13.0. The van der Waals surface area contributed by atoms with Gasteiger partial charge in [0.25, 0.3) is 0 Å². The third-order valence-electron chi connectivity index (χ3n) is 5.37. The van der Waals surface area contributed by atoms with Crippen LogP contribution in [0.15, 0.2) is 12.1 Å². The van der Waals surface area contributed by atoms with Gasteiger partial charge in [-0.15, -0.1) is 0 Å². The van der Waals surface area contributed by atoms with Gasteiger partial charge in [-0.3, -0.25) is 4.79 Å². The van der Waals surface area contributed by atoms with Crippen molar-refractivity contribution in [1.82, 2.24) is 0 Å². The van der Waals surface area contributed by atoms with E-state index in [1.54, 1.807) is 6.92 Å². The summed E-state index contributed by atoms with van der Waals surface area (Å²) in [5.74, 6) is -2.88. The van der Waals surface area contributed by atoms with Gasteiger partial charge >= 0.3 is 18.1 Å². The first-order chi connectivity index (χ1) is 13.0. The number of hydrogen-bond donors (Lipinski definition) is 0. The minimum Gasteiger partial charge on any atom is -0.463 e. The van der Waals surface area contributed by atoms with E-state index in [1.165, 1.54) is 0 Å². The topological polar surface area (TPSA) is 52.6 Å². The van der Waals surface area contributed by atoms with E-state index in [9.17, 15) is 22.8 Å².